The molecule has 3 heteroatoms. The zero-order valence-electron chi connectivity index (χ0n) is 21.2. The maximum absolute atomic E-state index is 2.46. The van der Waals surface area contributed by atoms with E-state index in [2.05, 4.69) is 50.2 Å². The van der Waals surface area contributed by atoms with Gasteiger partial charge >= 0.3 is 26.2 Å². The fourth-order valence-electron chi connectivity index (χ4n) is 5.48. The van der Waals surface area contributed by atoms with Crippen molar-refractivity contribution in [2.75, 3.05) is 0 Å². The Bertz CT molecular complexity index is 629. The Morgan fingerprint density at radius 1 is 0.636 bits per heavy atom. The standard InChI is InChI=1S/2C15H23.2ClH.Zr/c2*1-2-3-7-13-10-11-15(12-13)14-8-5-4-6-9-14;;;/h2*10-12,14H,2-9H2,1H3;2*1H;/q2*-1;;;+4/p-2. The van der Waals surface area contributed by atoms with Crippen molar-refractivity contribution in [1.82, 2.24) is 0 Å². The zero-order chi connectivity index (χ0) is 21.0. The van der Waals surface area contributed by atoms with Crippen LogP contribution in [-0.4, -0.2) is 0 Å². The van der Waals surface area contributed by atoms with Gasteiger partial charge in [-0.1, -0.05) is 128 Å². The number of hydrogen-bond acceptors (Lipinski definition) is 0. The smallest absolute Gasteiger partial charge is 1.00 e. The van der Waals surface area contributed by atoms with Gasteiger partial charge in [-0.05, 0) is 0 Å². The Morgan fingerprint density at radius 3 is 1.33 bits per heavy atom. The summed E-state index contributed by atoms with van der Waals surface area (Å²) < 4.78 is 0. The molecule has 2 fully saturated rings. The van der Waals surface area contributed by atoms with E-state index in [9.17, 15) is 0 Å². The molecule has 2 aliphatic carbocycles. The Balaban J connectivity index is 0.000000569. The molecule has 4 rings (SSSR count). The first kappa shape index (κ1) is 33.2. The Labute approximate surface area is 236 Å². The second-order valence-corrected chi connectivity index (χ2v) is 9.98. The summed E-state index contributed by atoms with van der Waals surface area (Å²) in [5, 5.41) is 0. The van der Waals surface area contributed by atoms with Gasteiger partial charge in [0.1, 0.15) is 0 Å². The zero-order valence-corrected chi connectivity index (χ0v) is 25.2. The average molecular weight is 569 g/mol. The van der Waals surface area contributed by atoms with E-state index in [-0.39, 0.29) is 51.0 Å². The van der Waals surface area contributed by atoms with Gasteiger partial charge in [-0.2, -0.15) is 46.5 Å². The average Bonchev–Trinajstić information content (AvgIpc) is 3.48. The largest absolute Gasteiger partial charge is 4.00 e. The quantitative estimate of drug-likeness (QED) is 0.427. The molecule has 0 heterocycles. The second kappa shape index (κ2) is 19.4. The van der Waals surface area contributed by atoms with E-state index in [1.807, 2.05) is 0 Å². The SMILES string of the molecule is CCCC[c-]1ccc(C2CCCCC2)c1.CCCC[c-]1ccc(C2CCCCC2)c1.[Cl-].[Cl-].[Zr+4]. The summed E-state index contributed by atoms with van der Waals surface area (Å²) in [6.07, 6.45) is 22.3. The molecular weight excluding hydrogens is 522 g/mol. The number of aryl methyl sites for hydroxylation is 2. The van der Waals surface area contributed by atoms with Crippen LogP contribution >= 0.6 is 0 Å². The van der Waals surface area contributed by atoms with Crippen LogP contribution in [0, 0.1) is 0 Å². The van der Waals surface area contributed by atoms with Crippen molar-refractivity contribution >= 4 is 0 Å². The minimum atomic E-state index is 0. The molecule has 0 atom stereocenters. The predicted molar refractivity (Wildman–Crippen MR) is 133 cm³/mol. The van der Waals surface area contributed by atoms with Crippen LogP contribution in [0.15, 0.2) is 36.4 Å². The van der Waals surface area contributed by atoms with Crippen LogP contribution in [0.1, 0.15) is 138 Å². The predicted octanol–water partition coefficient (Wildman–Crippen LogP) is 3.60. The molecule has 2 aromatic carbocycles. The van der Waals surface area contributed by atoms with Crippen molar-refractivity contribution in [1.29, 1.82) is 0 Å². The van der Waals surface area contributed by atoms with E-state index in [0.29, 0.717) is 0 Å². The number of rotatable bonds is 8. The molecule has 0 aliphatic heterocycles. The summed E-state index contributed by atoms with van der Waals surface area (Å²) in [5.74, 6) is 1.77. The summed E-state index contributed by atoms with van der Waals surface area (Å²) in [6.45, 7) is 4.54. The third kappa shape index (κ3) is 11.6. The fraction of sp³-hybridized carbons (Fsp3) is 0.667. The van der Waals surface area contributed by atoms with E-state index in [1.165, 1.54) is 103 Å². The summed E-state index contributed by atoms with van der Waals surface area (Å²) in [5.41, 5.74) is 6.39. The van der Waals surface area contributed by atoms with E-state index >= 15 is 0 Å². The van der Waals surface area contributed by atoms with Crippen LogP contribution in [0.25, 0.3) is 0 Å². The summed E-state index contributed by atoms with van der Waals surface area (Å²) in [4.78, 5) is 0. The van der Waals surface area contributed by atoms with Gasteiger partial charge in [-0.3, -0.25) is 0 Å². The Morgan fingerprint density at radius 2 is 1.00 bits per heavy atom. The van der Waals surface area contributed by atoms with E-state index in [0.717, 1.165) is 11.8 Å². The van der Waals surface area contributed by atoms with Crippen molar-refractivity contribution < 1.29 is 51.0 Å². The van der Waals surface area contributed by atoms with Crippen LogP contribution in [0.5, 0.6) is 0 Å². The third-order valence-corrected chi connectivity index (χ3v) is 7.48. The van der Waals surface area contributed by atoms with Crippen molar-refractivity contribution in [3.8, 4) is 0 Å². The minimum absolute atomic E-state index is 0. The van der Waals surface area contributed by atoms with Gasteiger partial charge in [-0.25, -0.2) is 12.1 Å². The first-order valence-corrected chi connectivity index (χ1v) is 13.3. The normalized spacial score (nSPS) is 16.5. The van der Waals surface area contributed by atoms with E-state index in [1.54, 1.807) is 22.3 Å². The maximum atomic E-state index is 2.46. The molecule has 33 heavy (non-hydrogen) atoms. The molecule has 0 aromatic heterocycles. The molecule has 2 saturated carbocycles. The molecule has 0 bridgehead atoms. The van der Waals surface area contributed by atoms with Crippen molar-refractivity contribution in [3.63, 3.8) is 0 Å². The molecule has 0 nitrogen and oxygen atoms in total. The third-order valence-electron chi connectivity index (χ3n) is 7.48. The number of unbranched alkanes of at least 4 members (excludes halogenated alkanes) is 2. The second-order valence-electron chi connectivity index (χ2n) is 9.98. The van der Waals surface area contributed by atoms with Gasteiger partial charge in [0.05, 0.1) is 0 Å². The first-order valence-electron chi connectivity index (χ1n) is 13.3. The Kier molecular flexibility index (Phi) is 19.5. The van der Waals surface area contributed by atoms with Crippen molar-refractivity contribution in [2.45, 2.75) is 128 Å². The molecule has 0 saturated heterocycles. The van der Waals surface area contributed by atoms with Crippen LogP contribution in [0.2, 0.25) is 0 Å². The molecular formula is C30H46Cl2Zr. The van der Waals surface area contributed by atoms with Crippen LogP contribution in [-0.2, 0) is 39.0 Å². The molecule has 2 aliphatic rings. The van der Waals surface area contributed by atoms with E-state index < -0.39 is 0 Å². The van der Waals surface area contributed by atoms with Crippen LogP contribution in [0.4, 0.5) is 0 Å². The summed E-state index contributed by atoms with van der Waals surface area (Å²) >= 11 is 0. The number of hydrogen-bond donors (Lipinski definition) is 0. The summed E-state index contributed by atoms with van der Waals surface area (Å²) in [7, 11) is 0. The van der Waals surface area contributed by atoms with Crippen LogP contribution < -0.4 is 24.8 Å². The molecule has 0 radical (unpaired) electrons. The molecule has 2 aromatic rings. The van der Waals surface area contributed by atoms with Crippen molar-refractivity contribution in [2.24, 2.45) is 0 Å². The van der Waals surface area contributed by atoms with Crippen LogP contribution in [0.3, 0.4) is 0 Å². The maximum Gasteiger partial charge on any atom is 4.00 e. The van der Waals surface area contributed by atoms with Gasteiger partial charge in [0.25, 0.3) is 0 Å². The molecule has 0 unspecified atom stereocenters. The van der Waals surface area contributed by atoms with Crippen molar-refractivity contribution in [3.05, 3.63) is 58.7 Å². The fourth-order valence-corrected chi connectivity index (χ4v) is 5.48. The first-order chi connectivity index (χ1) is 14.8. The van der Waals surface area contributed by atoms with Gasteiger partial charge in [0, 0.05) is 0 Å². The molecule has 0 amide bonds. The number of halogens is 2. The van der Waals surface area contributed by atoms with Gasteiger partial charge in [0.15, 0.2) is 0 Å². The monoisotopic (exact) mass is 566 g/mol. The van der Waals surface area contributed by atoms with Gasteiger partial charge in [0.2, 0.25) is 0 Å². The topological polar surface area (TPSA) is 0 Å². The van der Waals surface area contributed by atoms with E-state index in [4.69, 9.17) is 0 Å². The molecule has 0 spiro atoms. The summed E-state index contributed by atoms with van der Waals surface area (Å²) in [6, 6.07) is 14.4. The molecule has 0 N–H and O–H groups in total. The van der Waals surface area contributed by atoms with Gasteiger partial charge in [-0.15, -0.1) is 0 Å². The molecule has 184 valence electrons. The minimum Gasteiger partial charge on any atom is -1.00 e. The van der Waals surface area contributed by atoms with Gasteiger partial charge < -0.3 is 24.8 Å². The Hall–Kier alpha value is 0.163.